The average molecular weight is 345 g/mol. The molecule has 0 atom stereocenters. The molecule has 108 valence electrons. The molecule has 1 amide bonds. The fourth-order valence-corrected chi connectivity index (χ4v) is 2.42. The van der Waals surface area contributed by atoms with E-state index >= 15 is 0 Å². The van der Waals surface area contributed by atoms with E-state index in [1.54, 1.807) is 6.07 Å². The van der Waals surface area contributed by atoms with E-state index in [2.05, 4.69) is 40.3 Å². The molecule has 2 aromatic rings. The second-order valence-electron chi connectivity index (χ2n) is 4.94. The minimum Gasteiger partial charge on any atom is -0.267 e. The maximum absolute atomic E-state index is 12.2. The summed E-state index contributed by atoms with van der Waals surface area (Å²) in [4.78, 5) is 12.2. The van der Waals surface area contributed by atoms with E-state index in [1.807, 2.05) is 48.5 Å². The normalized spacial score (nSPS) is 11.5. The Kier molecular flexibility index (Phi) is 5.28. The molecule has 2 rings (SSSR count). The third kappa shape index (κ3) is 4.02. The van der Waals surface area contributed by atoms with E-state index in [0.717, 1.165) is 15.7 Å². The van der Waals surface area contributed by atoms with Gasteiger partial charge in [0.05, 0.1) is 11.3 Å². The number of hydrogen-bond donors (Lipinski definition) is 1. The van der Waals surface area contributed by atoms with Crippen molar-refractivity contribution in [2.24, 2.45) is 11.0 Å². The zero-order valence-corrected chi connectivity index (χ0v) is 13.6. The molecule has 0 aliphatic heterocycles. The van der Waals surface area contributed by atoms with Crippen molar-refractivity contribution in [2.45, 2.75) is 13.8 Å². The Balaban J connectivity index is 2.22. The molecule has 0 aromatic heterocycles. The van der Waals surface area contributed by atoms with E-state index in [9.17, 15) is 4.79 Å². The highest BCUT2D eigenvalue weighted by atomic mass is 79.9. The number of hydrogen-bond acceptors (Lipinski definition) is 2. The summed E-state index contributed by atoms with van der Waals surface area (Å²) in [6, 6.07) is 17.1. The highest BCUT2D eigenvalue weighted by Crippen LogP contribution is 2.15. The van der Waals surface area contributed by atoms with E-state index in [4.69, 9.17) is 0 Å². The largest absolute Gasteiger partial charge is 0.272 e. The Morgan fingerprint density at radius 1 is 1.05 bits per heavy atom. The summed E-state index contributed by atoms with van der Waals surface area (Å²) in [7, 11) is 0. The summed E-state index contributed by atoms with van der Waals surface area (Å²) in [6.45, 7) is 4.10. The predicted octanol–water partition coefficient (Wildman–Crippen LogP) is 4.24. The molecule has 0 heterocycles. The molecule has 0 aliphatic rings. The van der Waals surface area contributed by atoms with Gasteiger partial charge in [0.25, 0.3) is 5.91 Å². The van der Waals surface area contributed by atoms with Gasteiger partial charge in [0, 0.05) is 4.47 Å². The first kappa shape index (κ1) is 15.4. The second kappa shape index (κ2) is 7.18. The highest BCUT2D eigenvalue weighted by Gasteiger charge is 2.11. The number of nitrogens with zero attached hydrogens (tertiary/aromatic N) is 1. The van der Waals surface area contributed by atoms with Crippen molar-refractivity contribution in [3.05, 3.63) is 70.2 Å². The van der Waals surface area contributed by atoms with Gasteiger partial charge in [0.15, 0.2) is 0 Å². The van der Waals surface area contributed by atoms with Crippen molar-refractivity contribution in [1.29, 1.82) is 0 Å². The Labute approximate surface area is 133 Å². The van der Waals surface area contributed by atoms with E-state index in [1.165, 1.54) is 0 Å². The van der Waals surface area contributed by atoms with Gasteiger partial charge in [0.1, 0.15) is 0 Å². The van der Waals surface area contributed by atoms with Gasteiger partial charge in [0.2, 0.25) is 0 Å². The summed E-state index contributed by atoms with van der Waals surface area (Å²) in [5.41, 5.74) is 5.08. The number of amides is 1. The number of hydrazone groups is 1. The predicted molar refractivity (Wildman–Crippen MR) is 89.4 cm³/mol. The summed E-state index contributed by atoms with van der Waals surface area (Å²) in [6.07, 6.45) is 0. The van der Waals surface area contributed by atoms with Crippen LogP contribution in [0.15, 0.2) is 64.2 Å². The molecular weight excluding hydrogens is 328 g/mol. The zero-order chi connectivity index (χ0) is 15.2. The van der Waals surface area contributed by atoms with E-state index in [0.29, 0.717) is 5.56 Å². The van der Waals surface area contributed by atoms with Crippen molar-refractivity contribution < 1.29 is 4.79 Å². The molecule has 0 unspecified atom stereocenters. The minimum absolute atomic E-state index is 0.215. The zero-order valence-electron chi connectivity index (χ0n) is 12.0. The Hall–Kier alpha value is -1.94. The topological polar surface area (TPSA) is 41.5 Å². The van der Waals surface area contributed by atoms with Crippen LogP contribution in [0.4, 0.5) is 0 Å². The van der Waals surface area contributed by atoms with Crippen molar-refractivity contribution in [1.82, 2.24) is 5.43 Å². The highest BCUT2D eigenvalue weighted by molar-refractivity contribution is 9.10. The Bertz CT molecular complexity index is 651. The van der Waals surface area contributed by atoms with E-state index in [-0.39, 0.29) is 11.8 Å². The van der Waals surface area contributed by atoms with Gasteiger partial charge in [-0.15, -0.1) is 0 Å². The first-order valence-electron chi connectivity index (χ1n) is 6.77. The molecule has 0 saturated carbocycles. The molecule has 0 saturated heterocycles. The molecule has 3 nitrogen and oxygen atoms in total. The van der Waals surface area contributed by atoms with Gasteiger partial charge in [-0.3, -0.25) is 4.79 Å². The van der Waals surface area contributed by atoms with Crippen molar-refractivity contribution >= 4 is 27.5 Å². The quantitative estimate of drug-likeness (QED) is 0.654. The molecule has 0 bridgehead atoms. The molecule has 2 aromatic carbocycles. The summed E-state index contributed by atoms with van der Waals surface area (Å²) in [5, 5.41) is 4.31. The third-order valence-electron chi connectivity index (χ3n) is 3.01. The number of carbonyl (C=O) groups is 1. The van der Waals surface area contributed by atoms with Gasteiger partial charge in [-0.05, 0) is 39.5 Å². The molecule has 1 N–H and O–H groups in total. The summed E-state index contributed by atoms with van der Waals surface area (Å²) < 4.78 is 0.753. The smallest absolute Gasteiger partial charge is 0.267 e. The van der Waals surface area contributed by atoms with Crippen LogP contribution in [0.2, 0.25) is 0 Å². The van der Waals surface area contributed by atoms with Crippen LogP contribution in [-0.2, 0) is 0 Å². The molecule has 0 aliphatic carbocycles. The summed E-state index contributed by atoms with van der Waals surface area (Å²) in [5.74, 6) is -0.0107. The van der Waals surface area contributed by atoms with Gasteiger partial charge in [-0.2, -0.15) is 5.10 Å². The lowest BCUT2D eigenvalue weighted by atomic mass is 10.0. The van der Waals surface area contributed by atoms with Gasteiger partial charge < -0.3 is 0 Å². The van der Waals surface area contributed by atoms with Crippen LogP contribution in [0.5, 0.6) is 0 Å². The van der Waals surface area contributed by atoms with Crippen LogP contribution in [0, 0.1) is 5.92 Å². The van der Waals surface area contributed by atoms with Crippen molar-refractivity contribution in [3.63, 3.8) is 0 Å². The van der Waals surface area contributed by atoms with Gasteiger partial charge in [-0.1, -0.05) is 56.3 Å². The van der Waals surface area contributed by atoms with Crippen LogP contribution in [0.1, 0.15) is 29.8 Å². The Morgan fingerprint density at radius 3 is 2.29 bits per heavy atom. The lowest BCUT2D eigenvalue weighted by molar-refractivity contribution is 0.0954. The molecule has 0 fully saturated rings. The number of carbonyl (C=O) groups excluding carboxylic acids is 1. The maximum atomic E-state index is 12.2. The van der Waals surface area contributed by atoms with Crippen molar-refractivity contribution in [3.8, 4) is 0 Å². The molecular formula is C17H17BrN2O. The standard InChI is InChI=1S/C17H17BrN2O/c1-12(2)16(13-8-4-3-5-9-13)19-20-17(21)14-10-6-7-11-15(14)18/h3-12H,1-2H3,(H,20,21). The first-order valence-corrected chi connectivity index (χ1v) is 7.56. The second-order valence-corrected chi connectivity index (χ2v) is 5.79. The van der Waals surface area contributed by atoms with Crippen LogP contribution >= 0.6 is 15.9 Å². The fraction of sp³-hybridized carbons (Fsp3) is 0.176. The van der Waals surface area contributed by atoms with Crippen LogP contribution in [0.3, 0.4) is 0 Å². The lowest BCUT2D eigenvalue weighted by Gasteiger charge is -2.11. The van der Waals surface area contributed by atoms with Crippen molar-refractivity contribution in [2.75, 3.05) is 0 Å². The SMILES string of the molecule is CC(C)C(=NNC(=O)c1ccccc1Br)c1ccccc1. The van der Waals surface area contributed by atoms with Gasteiger partial charge in [-0.25, -0.2) is 5.43 Å². The third-order valence-corrected chi connectivity index (χ3v) is 3.70. The number of nitrogens with one attached hydrogen (secondary N) is 1. The first-order chi connectivity index (χ1) is 10.1. The Morgan fingerprint density at radius 2 is 1.67 bits per heavy atom. The van der Waals surface area contributed by atoms with Gasteiger partial charge >= 0.3 is 0 Å². The fourth-order valence-electron chi connectivity index (χ4n) is 1.95. The minimum atomic E-state index is -0.225. The van der Waals surface area contributed by atoms with Crippen LogP contribution in [-0.4, -0.2) is 11.6 Å². The molecule has 21 heavy (non-hydrogen) atoms. The number of halogens is 1. The van der Waals surface area contributed by atoms with Crippen LogP contribution in [0.25, 0.3) is 0 Å². The number of rotatable bonds is 4. The molecule has 0 radical (unpaired) electrons. The average Bonchev–Trinajstić information content (AvgIpc) is 2.48. The van der Waals surface area contributed by atoms with Crippen LogP contribution < -0.4 is 5.43 Å². The summed E-state index contributed by atoms with van der Waals surface area (Å²) >= 11 is 3.37. The van der Waals surface area contributed by atoms with E-state index < -0.39 is 0 Å². The molecule has 4 heteroatoms. The number of benzene rings is 2. The lowest BCUT2D eigenvalue weighted by Crippen LogP contribution is -2.22. The monoisotopic (exact) mass is 344 g/mol. The maximum Gasteiger partial charge on any atom is 0.272 e. The molecule has 0 spiro atoms.